The van der Waals surface area contributed by atoms with Crippen LogP contribution in [0.4, 0.5) is 4.79 Å². The van der Waals surface area contributed by atoms with Gasteiger partial charge in [-0.1, -0.05) is 66.7 Å². The van der Waals surface area contributed by atoms with E-state index in [1.165, 1.54) is 9.58 Å². The van der Waals surface area contributed by atoms with Crippen LogP contribution in [0.15, 0.2) is 78.9 Å². The number of aromatic nitrogens is 4. The summed E-state index contributed by atoms with van der Waals surface area (Å²) in [7, 11) is 3.33. The van der Waals surface area contributed by atoms with E-state index in [4.69, 9.17) is 4.74 Å². The second-order valence-corrected chi connectivity index (χ2v) is 7.36. The highest BCUT2D eigenvalue weighted by atomic mass is 16.5. The molecule has 1 heterocycles. The maximum atomic E-state index is 12.2. The minimum Gasteiger partial charge on any atom is -0.489 e. The van der Waals surface area contributed by atoms with Crippen molar-refractivity contribution in [3.63, 3.8) is 0 Å². The van der Waals surface area contributed by atoms with Crippen LogP contribution >= 0.6 is 0 Å². The molecule has 0 N–H and O–H groups in total. The first kappa shape index (κ1) is 20.3. The highest BCUT2D eigenvalue weighted by Gasteiger charge is 2.15. The van der Waals surface area contributed by atoms with Gasteiger partial charge in [0.15, 0.2) is 5.82 Å². The number of nitrogens with zero attached hydrogens (tertiary/aromatic N) is 5. The average Bonchev–Trinajstić information content (AvgIpc) is 3.26. The Kier molecular flexibility index (Phi) is 6.03. The van der Waals surface area contributed by atoms with Crippen molar-refractivity contribution in [2.24, 2.45) is 0 Å². The van der Waals surface area contributed by atoms with Gasteiger partial charge in [-0.15, -0.1) is 9.78 Å². The summed E-state index contributed by atoms with van der Waals surface area (Å²) in [6, 6.07) is 26.0. The summed E-state index contributed by atoms with van der Waals surface area (Å²) < 4.78 is 7.17. The molecule has 0 unspecified atom stereocenters. The summed E-state index contributed by atoms with van der Waals surface area (Å²) in [5, 5.41) is 11.4. The second-order valence-electron chi connectivity index (χ2n) is 7.36. The number of hydrogen-bond donors (Lipinski definition) is 0. The number of carbonyl (C=O) groups is 1. The summed E-state index contributed by atoms with van der Waals surface area (Å²) in [5.41, 5.74) is 4.30. The minimum absolute atomic E-state index is 0.274. The fourth-order valence-electron chi connectivity index (χ4n) is 3.16. The molecule has 0 radical (unpaired) electrons. The van der Waals surface area contributed by atoms with Gasteiger partial charge < -0.3 is 9.64 Å². The zero-order valence-corrected chi connectivity index (χ0v) is 17.5. The zero-order valence-electron chi connectivity index (χ0n) is 17.5. The minimum atomic E-state index is -0.274. The van der Waals surface area contributed by atoms with Crippen LogP contribution in [0.2, 0.25) is 0 Å². The molecule has 3 aromatic carbocycles. The van der Waals surface area contributed by atoms with Crippen LogP contribution in [0.1, 0.15) is 17.0 Å². The van der Waals surface area contributed by atoms with Gasteiger partial charge in [0.05, 0.1) is 0 Å². The predicted molar refractivity (Wildman–Crippen MR) is 118 cm³/mol. The fraction of sp³-hybridized carbons (Fsp3) is 0.167. The van der Waals surface area contributed by atoms with E-state index < -0.39 is 0 Å². The SMILES string of the molecule is CN(C)C(=O)n1nnnc1Cc1ccc(-c2cccc(OCc3ccccc3)c2)cc1. The number of ether oxygens (including phenoxy) is 1. The van der Waals surface area contributed by atoms with Crippen LogP contribution in [0.25, 0.3) is 11.1 Å². The summed E-state index contributed by atoms with van der Waals surface area (Å²) >= 11 is 0. The topological polar surface area (TPSA) is 73.1 Å². The Morgan fingerprint density at radius 3 is 2.42 bits per heavy atom. The highest BCUT2D eigenvalue weighted by Crippen LogP contribution is 2.25. The van der Waals surface area contributed by atoms with Crippen LogP contribution in [-0.2, 0) is 13.0 Å². The molecule has 0 saturated heterocycles. The molecule has 1 aromatic heterocycles. The molecule has 0 aliphatic rings. The summed E-state index contributed by atoms with van der Waals surface area (Å²) in [6.07, 6.45) is 0.465. The molecule has 0 bridgehead atoms. The molecule has 0 aliphatic heterocycles. The maximum Gasteiger partial charge on any atom is 0.347 e. The number of hydrogen-bond acceptors (Lipinski definition) is 5. The summed E-state index contributed by atoms with van der Waals surface area (Å²) in [5.74, 6) is 1.33. The van der Waals surface area contributed by atoms with Crippen molar-refractivity contribution in [1.82, 2.24) is 25.1 Å². The lowest BCUT2D eigenvalue weighted by molar-refractivity contribution is 0.214. The third-order valence-electron chi connectivity index (χ3n) is 4.83. The van der Waals surface area contributed by atoms with Crippen LogP contribution in [0.5, 0.6) is 5.75 Å². The molecular weight excluding hydrogens is 390 g/mol. The smallest absolute Gasteiger partial charge is 0.347 e. The van der Waals surface area contributed by atoms with Gasteiger partial charge in [0.1, 0.15) is 12.4 Å². The molecule has 7 heteroatoms. The monoisotopic (exact) mass is 413 g/mol. The Hall–Kier alpha value is -4.00. The average molecular weight is 413 g/mol. The first-order valence-electron chi connectivity index (χ1n) is 9.95. The molecule has 156 valence electrons. The molecule has 4 rings (SSSR count). The first-order chi connectivity index (χ1) is 15.1. The number of benzene rings is 3. The molecule has 0 saturated carbocycles. The predicted octanol–water partition coefficient (Wildman–Crippen LogP) is 4.04. The van der Waals surface area contributed by atoms with Crippen molar-refractivity contribution in [3.8, 4) is 16.9 Å². The molecule has 0 atom stereocenters. The normalized spacial score (nSPS) is 10.6. The molecular formula is C24H23N5O2. The second kappa shape index (κ2) is 9.21. The first-order valence-corrected chi connectivity index (χ1v) is 9.95. The van der Waals surface area contributed by atoms with Gasteiger partial charge in [-0.3, -0.25) is 0 Å². The van der Waals surface area contributed by atoms with E-state index >= 15 is 0 Å². The van der Waals surface area contributed by atoms with Crippen molar-refractivity contribution in [1.29, 1.82) is 0 Å². The molecule has 31 heavy (non-hydrogen) atoms. The van der Waals surface area contributed by atoms with E-state index in [0.29, 0.717) is 18.9 Å². The Labute approximate surface area is 180 Å². The van der Waals surface area contributed by atoms with Gasteiger partial charge >= 0.3 is 6.03 Å². The van der Waals surface area contributed by atoms with E-state index in [-0.39, 0.29) is 6.03 Å². The van der Waals surface area contributed by atoms with Gasteiger partial charge in [-0.05, 0) is 44.8 Å². The van der Waals surface area contributed by atoms with Crippen LogP contribution in [-0.4, -0.2) is 45.2 Å². The fourth-order valence-corrected chi connectivity index (χ4v) is 3.16. The van der Waals surface area contributed by atoms with E-state index in [1.807, 2.05) is 72.8 Å². The lowest BCUT2D eigenvalue weighted by Crippen LogP contribution is -2.29. The van der Waals surface area contributed by atoms with Gasteiger partial charge in [-0.25, -0.2) is 4.79 Å². The largest absolute Gasteiger partial charge is 0.489 e. The van der Waals surface area contributed by atoms with E-state index in [2.05, 4.69) is 21.6 Å². The van der Waals surface area contributed by atoms with Gasteiger partial charge in [0.25, 0.3) is 0 Å². The summed E-state index contributed by atoms with van der Waals surface area (Å²) in [6.45, 7) is 0.531. The van der Waals surface area contributed by atoms with Crippen LogP contribution < -0.4 is 4.74 Å². The Balaban J connectivity index is 1.45. The molecule has 0 aliphatic carbocycles. The number of carbonyl (C=O) groups excluding carboxylic acids is 1. The van der Waals surface area contributed by atoms with Gasteiger partial charge in [0.2, 0.25) is 0 Å². The van der Waals surface area contributed by atoms with Crippen LogP contribution in [0.3, 0.4) is 0 Å². The standard InChI is InChI=1S/C24H23N5O2/c1-28(2)24(30)29-23(25-26-27-29)15-18-11-13-20(14-12-18)21-9-6-10-22(16-21)31-17-19-7-4-3-5-8-19/h3-14,16H,15,17H2,1-2H3. The number of amides is 1. The van der Waals surface area contributed by atoms with Crippen molar-refractivity contribution < 1.29 is 9.53 Å². The lowest BCUT2D eigenvalue weighted by Gasteiger charge is -2.11. The van der Waals surface area contributed by atoms with E-state index in [9.17, 15) is 4.79 Å². The molecule has 0 fully saturated rings. The maximum absolute atomic E-state index is 12.2. The van der Waals surface area contributed by atoms with Crippen molar-refractivity contribution >= 4 is 6.03 Å². The lowest BCUT2D eigenvalue weighted by atomic mass is 10.0. The Bertz CT molecular complexity index is 1150. The number of tetrazole rings is 1. The van der Waals surface area contributed by atoms with Crippen molar-refractivity contribution in [2.45, 2.75) is 13.0 Å². The summed E-state index contributed by atoms with van der Waals surface area (Å²) in [4.78, 5) is 13.6. The zero-order chi connectivity index (χ0) is 21.6. The van der Waals surface area contributed by atoms with Gasteiger partial charge in [0, 0.05) is 20.5 Å². The Morgan fingerprint density at radius 1 is 0.903 bits per heavy atom. The third kappa shape index (κ3) is 4.95. The van der Waals surface area contributed by atoms with Crippen molar-refractivity contribution in [2.75, 3.05) is 14.1 Å². The molecule has 7 nitrogen and oxygen atoms in total. The molecule has 0 spiro atoms. The Morgan fingerprint density at radius 2 is 1.68 bits per heavy atom. The quantitative estimate of drug-likeness (QED) is 0.446. The van der Waals surface area contributed by atoms with E-state index in [1.54, 1.807) is 14.1 Å². The van der Waals surface area contributed by atoms with E-state index in [0.717, 1.165) is 28.0 Å². The molecule has 4 aromatic rings. The van der Waals surface area contributed by atoms with Crippen LogP contribution in [0, 0.1) is 0 Å². The van der Waals surface area contributed by atoms with Gasteiger partial charge in [-0.2, -0.15) is 0 Å². The molecule has 1 amide bonds. The highest BCUT2D eigenvalue weighted by molar-refractivity contribution is 5.75. The third-order valence-corrected chi connectivity index (χ3v) is 4.83. The van der Waals surface area contributed by atoms with Crippen molar-refractivity contribution in [3.05, 3.63) is 95.8 Å². The number of rotatable bonds is 6.